The van der Waals surface area contributed by atoms with E-state index in [4.69, 9.17) is 0 Å². The lowest BCUT2D eigenvalue weighted by molar-refractivity contribution is -0.968. The van der Waals surface area contributed by atoms with E-state index in [2.05, 4.69) is 20.9 Å². The summed E-state index contributed by atoms with van der Waals surface area (Å²) >= 11 is 0. The first kappa shape index (κ1) is 17.4. The number of fused-ring (bicyclic) bond motifs is 2. The molecule has 4 heteroatoms. The average molecular weight is 331 g/mol. The Balaban J connectivity index is 1.81. The van der Waals surface area contributed by atoms with Crippen LogP contribution >= 0.6 is 0 Å². The monoisotopic (exact) mass is 331 g/mol. The summed E-state index contributed by atoms with van der Waals surface area (Å²) in [6.45, 7) is 4.57. The van der Waals surface area contributed by atoms with Crippen LogP contribution in [0.25, 0.3) is 0 Å². The van der Waals surface area contributed by atoms with Gasteiger partial charge in [0.05, 0.1) is 31.1 Å². The fourth-order valence-electron chi connectivity index (χ4n) is 5.26. The number of carbonyl (C=O) groups is 1. The molecular formula is C20H29NO3. The number of nitrogens with zero attached hydrogens (tertiary/aromatic N) is 1. The first-order valence-corrected chi connectivity index (χ1v) is 9.13. The molecule has 0 aliphatic carbocycles. The van der Waals surface area contributed by atoms with Crippen LogP contribution in [0.15, 0.2) is 30.3 Å². The molecule has 3 rings (SSSR count). The molecule has 1 aromatic rings. The highest BCUT2D eigenvalue weighted by Crippen LogP contribution is 2.47. The van der Waals surface area contributed by atoms with Crippen LogP contribution in [0.3, 0.4) is 0 Å². The van der Waals surface area contributed by atoms with Gasteiger partial charge in [0.1, 0.15) is 5.60 Å². The lowest BCUT2D eigenvalue weighted by Crippen LogP contribution is -2.61. The Bertz CT molecular complexity index is 586. The molecule has 24 heavy (non-hydrogen) atoms. The summed E-state index contributed by atoms with van der Waals surface area (Å²) < 4.78 is 1.10. The zero-order valence-corrected chi connectivity index (χ0v) is 14.9. The van der Waals surface area contributed by atoms with Crippen LogP contribution in [0.2, 0.25) is 0 Å². The zero-order valence-electron chi connectivity index (χ0n) is 14.9. The molecule has 1 aromatic carbocycles. The maximum atomic E-state index is 11.7. The third kappa shape index (κ3) is 2.66. The molecule has 132 valence electrons. The van der Waals surface area contributed by atoms with Crippen molar-refractivity contribution in [3.8, 4) is 0 Å². The molecule has 0 spiro atoms. The molecule has 2 fully saturated rings. The molecule has 2 heterocycles. The van der Waals surface area contributed by atoms with Gasteiger partial charge in [-0.25, -0.2) is 0 Å². The maximum Gasteiger partial charge on any atom is 0.129 e. The number of piperidine rings is 1. The van der Waals surface area contributed by atoms with Gasteiger partial charge in [0.25, 0.3) is 0 Å². The minimum Gasteiger partial charge on any atom is -0.547 e. The normalized spacial score (nSPS) is 35.0. The van der Waals surface area contributed by atoms with Crippen LogP contribution in [0.4, 0.5) is 0 Å². The number of rotatable bonds is 5. The second-order valence-electron chi connectivity index (χ2n) is 8.26. The lowest BCUT2D eigenvalue weighted by atomic mass is 9.77. The SMILES string of the molecule is CC(C)[N+]1(C)C2CCC1CC(CC(O)(C(=O)[O-])c1ccccc1)C2. The molecule has 0 aromatic heterocycles. The van der Waals surface area contributed by atoms with Crippen LogP contribution < -0.4 is 5.11 Å². The average Bonchev–Trinajstić information content (AvgIpc) is 2.73. The quantitative estimate of drug-likeness (QED) is 0.837. The van der Waals surface area contributed by atoms with Gasteiger partial charge in [-0.05, 0) is 31.7 Å². The van der Waals surface area contributed by atoms with E-state index < -0.39 is 11.6 Å². The van der Waals surface area contributed by atoms with E-state index in [0.29, 0.717) is 23.7 Å². The second kappa shape index (κ2) is 6.16. The van der Waals surface area contributed by atoms with Crippen molar-refractivity contribution in [3.63, 3.8) is 0 Å². The molecule has 0 radical (unpaired) electrons. The molecule has 4 nitrogen and oxygen atoms in total. The number of hydrogen-bond acceptors (Lipinski definition) is 3. The molecule has 0 amide bonds. The summed E-state index contributed by atoms with van der Waals surface area (Å²) in [6, 6.07) is 10.5. The Morgan fingerprint density at radius 3 is 2.25 bits per heavy atom. The van der Waals surface area contributed by atoms with Gasteiger partial charge >= 0.3 is 0 Å². The van der Waals surface area contributed by atoms with Crippen molar-refractivity contribution >= 4 is 5.97 Å². The zero-order chi connectivity index (χ0) is 17.5. The van der Waals surface area contributed by atoms with Crippen LogP contribution in [0.1, 0.15) is 51.5 Å². The molecule has 0 saturated carbocycles. The fourth-order valence-corrected chi connectivity index (χ4v) is 5.26. The molecule has 1 N–H and O–H groups in total. The van der Waals surface area contributed by atoms with Gasteiger partial charge in [0.15, 0.2) is 0 Å². The molecule has 2 aliphatic rings. The van der Waals surface area contributed by atoms with Crippen molar-refractivity contribution < 1.29 is 19.5 Å². The standard InChI is InChI=1S/C20H29NO3/c1-14(2)21(3)17-9-10-18(21)12-15(11-17)13-20(24,19(22)23)16-7-5-4-6-8-16/h4-8,14-15,17-18,24H,9-13H2,1-3H3. The number of carbonyl (C=O) groups excluding carboxylic acids is 1. The highest BCUT2D eigenvalue weighted by molar-refractivity contribution is 5.77. The van der Waals surface area contributed by atoms with Crippen molar-refractivity contribution in [3.05, 3.63) is 35.9 Å². The van der Waals surface area contributed by atoms with E-state index in [1.54, 1.807) is 24.3 Å². The summed E-state index contributed by atoms with van der Waals surface area (Å²) in [4.78, 5) is 11.7. The summed E-state index contributed by atoms with van der Waals surface area (Å²) in [5.74, 6) is -1.15. The van der Waals surface area contributed by atoms with Crippen LogP contribution in [-0.2, 0) is 10.4 Å². The molecule has 2 aliphatic heterocycles. The van der Waals surface area contributed by atoms with Crippen molar-refractivity contribution in [2.45, 2.75) is 69.7 Å². The van der Waals surface area contributed by atoms with E-state index in [0.717, 1.165) is 17.3 Å². The maximum absolute atomic E-state index is 11.7. The molecule has 2 saturated heterocycles. The summed E-state index contributed by atoms with van der Waals surface area (Å²) in [5.41, 5.74) is -1.45. The van der Waals surface area contributed by atoms with Gasteiger partial charge in [-0.3, -0.25) is 0 Å². The Morgan fingerprint density at radius 1 is 1.25 bits per heavy atom. The predicted molar refractivity (Wildman–Crippen MR) is 90.8 cm³/mol. The van der Waals surface area contributed by atoms with Gasteiger partial charge in [0, 0.05) is 25.7 Å². The van der Waals surface area contributed by atoms with Crippen LogP contribution in [0.5, 0.6) is 0 Å². The highest BCUT2D eigenvalue weighted by Gasteiger charge is 2.53. The van der Waals surface area contributed by atoms with Crippen molar-refractivity contribution in [1.29, 1.82) is 0 Å². The Hall–Kier alpha value is -1.39. The Kier molecular flexibility index (Phi) is 4.47. The number of quaternary nitrogens is 1. The van der Waals surface area contributed by atoms with Crippen LogP contribution in [0, 0.1) is 5.92 Å². The first-order chi connectivity index (χ1) is 11.3. The van der Waals surface area contributed by atoms with E-state index in [9.17, 15) is 15.0 Å². The fraction of sp³-hybridized carbons (Fsp3) is 0.650. The molecular weight excluding hydrogens is 302 g/mol. The van der Waals surface area contributed by atoms with E-state index in [1.807, 2.05) is 6.07 Å². The van der Waals surface area contributed by atoms with Gasteiger partial charge in [-0.15, -0.1) is 0 Å². The molecule has 3 atom stereocenters. The number of aliphatic hydroxyl groups is 1. The summed E-state index contributed by atoms with van der Waals surface area (Å²) in [5, 5.41) is 22.6. The van der Waals surface area contributed by atoms with Crippen LogP contribution in [-0.4, -0.2) is 40.7 Å². The van der Waals surface area contributed by atoms with Crippen molar-refractivity contribution in [2.24, 2.45) is 5.92 Å². The highest BCUT2D eigenvalue weighted by atomic mass is 16.4. The van der Waals surface area contributed by atoms with Crippen molar-refractivity contribution in [1.82, 2.24) is 0 Å². The third-order valence-electron chi connectivity index (χ3n) is 6.90. The summed E-state index contributed by atoms with van der Waals surface area (Å²) in [6.07, 6.45) is 4.67. The van der Waals surface area contributed by atoms with Gasteiger partial charge in [-0.2, -0.15) is 0 Å². The third-order valence-corrected chi connectivity index (χ3v) is 6.90. The van der Waals surface area contributed by atoms with E-state index in [-0.39, 0.29) is 12.3 Å². The lowest BCUT2D eigenvalue weighted by Gasteiger charge is -2.51. The number of aliphatic carboxylic acids is 1. The van der Waals surface area contributed by atoms with Gasteiger partial charge in [-0.1, -0.05) is 30.3 Å². The minimum atomic E-state index is -1.88. The van der Waals surface area contributed by atoms with E-state index in [1.165, 1.54) is 12.8 Å². The Morgan fingerprint density at radius 2 is 1.79 bits per heavy atom. The van der Waals surface area contributed by atoms with Gasteiger partial charge in [0.2, 0.25) is 0 Å². The molecule has 2 bridgehead atoms. The predicted octanol–water partition coefficient (Wildman–Crippen LogP) is 1.81. The van der Waals surface area contributed by atoms with Gasteiger partial charge < -0.3 is 19.5 Å². The topological polar surface area (TPSA) is 60.4 Å². The minimum absolute atomic E-state index is 0.232. The van der Waals surface area contributed by atoms with Crippen molar-refractivity contribution in [2.75, 3.05) is 7.05 Å². The van der Waals surface area contributed by atoms with E-state index >= 15 is 0 Å². The second-order valence-corrected chi connectivity index (χ2v) is 8.26. The Labute approximate surface area is 144 Å². The summed E-state index contributed by atoms with van der Waals surface area (Å²) in [7, 11) is 2.35. The molecule has 3 unspecified atom stereocenters. The number of carboxylic acid groups (broad SMARTS) is 1. The first-order valence-electron chi connectivity index (χ1n) is 9.13. The number of benzene rings is 1. The number of carboxylic acids is 1. The smallest absolute Gasteiger partial charge is 0.129 e. The number of hydrogen-bond donors (Lipinski definition) is 1. The largest absolute Gasteiger partial charge is 0.547 e.